The van der Waals surface area contributed by atoms with Crippen LogP contribution in [-0.2, 0) is 16.4 Å². The Hall–Kier alpha value is -5.04. The van der Waals surface area contributed by atoms with Crippen molar-refractivity contribution in [2.45, 2.75) is 32.9 Å². The lowest BCUT2D eigenvalue weighted by Crippen LogP contribution is -2.41. The van der Waals surface area contributed by atoms with Crippen molar-refractivity contribution in [1.82, 2.24) is 0 Å². The van der Waals surface area contributed by atoms with Crippen LogP contribution in [0.4, 0.5) is 28.9 Å². The van der Waals surface area contributed by atoms with E-state index in [1.54, 1.807) is 13.8 Å². The molecule has 2 N–H and O–H groups in total. The summed E-state index contributed by atoms with van der Waals surface area (Å²) in [4.78, 5) is 14.8. The molecular formula is C35H30F4N2O6S. The molecule has 0 aliphatic carbocycles. The van der Waals surface area contributed by atoms with Crippen LogP contribution in [-0.4, -0.2) is 32.3 Å². The molecule has 1 amide bonds. The van der Waals surface area contributed by atoms with Gasteiger partial charge in [-0.1, -0.05) is 50.2 Å². The summed E-state index contributed by atoms with van der Waals surface area (Å²) in [6.07, 6.45) is 0.0983. The minimum absolute atomic E-state index is 0.0708. The minimum atomic E-state index is -4.31. The summed E-state index contributed by atoms with van der Waals surface area (Å²) in [6, 6.07) is 15.2. The molecule has 0 radical (unpaired) electrons. The second-order valence-electron chi connectivity index (χ2n) is 12.3. The van der Waals surface area contributed by atoms with E-state index in [9.17, 15) is 27.1 Å². The molecular weight excluding hydrogens is 652 g/mol. The first-order chi connectivity index (χ1) is 22.7. The van der Waals surface area contributed by atoms with Crippen LogP contribution in [0.25, 0.3) is 0 Å². The van der Waals surface area contributed by atoms with Gasteiger partial charge in [0.1, 0.15) is 35.7 Å². The third-order valence-electron chi connectivity index (χ3n) is 8.22. The van der Waals surface area contributed by atoms with Crippen LogP contribution in [0.2, 0.25) is 0 Å². The van der Waals surface area contributed by atoms with Crippen LogP contribution in [0, 0.1) is 28.7 Å². The van der Waals surface area contributed by atoms with Crippen molar-refractivity contribution in [2.75, 3.05) is 23.1 Å². The van der Waals surface area contributed by atoms with Crippen LogP contribution < -0.4 is 19.7 Å². The number of anilines is 2. The Labute approximate surface area is 274 Å². The predicted molar refractivity (Wildman–Crippen MR) is 171 cm³/mol. The number of halogens is 4. The highest BCUT2D eigenvalue weighted by molar-refractivity contribution is 7.95. The summed E-state index contributed by atoms with van der Waals surface area (Å²) in [6.45, 7) is 3.53. The molecule has 0 fully saturated rings. The number of methoxy groups -OCH3 is 1. The number of carbonyl (C=O) groups excluding carboxylic acids is 1. The molecule has 6 rings (SSSR count). The molecule has 8 nitrogen and oxygen atoms in total. The van der Waals surface area contributed by atoms with Gasteiger partial charge in [0.15, 0.2) is 27.2 Å². The van der Waals surface area contributed by atoms with Crippen molar-refractivity contribution >= 4 is 27.1 Å². The van der Waals surface area contributed by atoms with Gasteiger partial charge in [-0.05, 0) is 47.7 Å². The SMILES string of the molecule is COc1c(F)c(F)cc(C(=O)N2c3cccc(O)c3NC3=C(C2c2ccc(OCc4ccccc4)cc2F)S(=O)(=O)CC(C)(C)C3)c1F. The first kappa shape index (κ1) is 32.9. The first-order valence-electron chi connectivity index (χ1n) is 14.8. The molecule has 4 aromatic carbocycles. The van der Waals surface area contributed by atoms with Gasteiger partial charge in [-0.2, -0.15) is 4.39 Å². The van der Waals surface area contributed by atoms with E-state index in [-0.39, 0.29) is 41.4 Å². The Morgan fingerprint density at radius 3 is 2.40 bits per heavy atom. The fourth-order valence-electron chi connectivity index (χ4n) is 6.21. The van der Waals surface area contributed by atoms with Gasteiger partial charge >= 0.3 is 0 Å². The molecule has 1 atom stereocenters. The summed E-state index contributed by atoms with van der Waals surface area (Å²) in [5.74, 6) is -9.08. The number of carbonyl (C=O) groups is 1. The van der Waals surface area contributed by atoms with E-state index >= 15 is 8.78 Å². The van der Waals surface area contributed by atoms with E-state index < -0.39 is 78.2 Å². The van der Waals surface area contributed by atoms with Crippen LogP contribution >= 0.6 is 0 Å². The molecule has 0 saturated heterocycles. The molecule has 0 saturated carbocycles. The summed E-state index contributed by atoms with van der Waals surface area (Å²) < 4.78 is 100. The summed E-state index contributed by atoms with van der Waals surface area (Å²) in [5, 5.41) is 13.9. The van der Waals surface area contributed by atoms with Gasteiger partial charge in [0.25, 0.3) is 5.91 Å². The summed E-state index contributed by atoms with van der Waals surface area (Å²) in [5.41, 5.74) is -1.61. The average Bonchev–Trinajstić information content (AvgIpc) is 3.17. The number of hydrogen-bond acceptors (Lipinski definition) is 7. The van der Waals surface area contributed by atoms with Crippen molar-refractivity contribution in [3.8, 4) is 17.2 Å². The van der Waals surface area contributed by atoms with E-state index in [1.807, 2.05) is 30.3 Å². The molecule has 0 bridgehead atoms. The molecule has 0 aromatic heterocycles. The molecule has 48 heavy (non-hydrogen) atoms. The predicted octanol–water partition coefficient (Wildman–Crippen LogP) is 7.41. The van der Waals surface area contributed by atoms with Gasteiger partial charge in [-0.15, -0.1) is 0 Å². The Morgan fingerprint density at radius 1 is 0.979 bits per heavy atom. The zero-order valence-corrected chi connectivity index (χ0v) is 26.8. The molecule has 4 aromatic rings. The number of fused-ring (bicyclic) bond motifs is 1. The van der Waals surface area contributed by atoms with Crippen molar-refractivity contribution in [2.24, 2.45) is 5.41 Å². The van der Waals surface area contributed by atoms with Gasteiger partial charge < -0.3 is 19.9 Å². The molecule has 2 aliphatic heterocycles. The van der Waals surface area contributed by atoms with Crippen LogP contribution in [0.5, 0.6) is 17.2 Å². The maximum atomic E-state index is 16.4. The number of phenolic OH excluding ortho intramolecular Hbond substituents is 1. The van der Waals surface area contributed by atoms with Gasteiger partial charge in [-0.25, -0.2) is 21.6 Å². The Kier molecular flexibility index (Phi) is 8.36. The topological polar surface area (TPSA) is 105 Å². The molecule has 13 heteroatoms. The normalized spacial score (nSPS) is 17.9. The molecule has 2 aliphatic rings. The van der Waals surface area contributed by atoms with E-state index in [4.69, 9.17) is 9.47 Å². The van der Waals surface area contributed by atoms with Crippen molar-refractivity contribution in [3.05, 3.63) is 123 Å². The number of hydrogen-bond donors (Lipinski definition) is 2. The molecule has 1 unspecified atom stereocenters. The number of sulfone groups is 1. The van der Waals surface area contributed by atoms with Crippen LogP contribution in [0.3, 0.4) is 0 Å². The number of nitrogens with zero attached hydrogens (tertiary/aromatic N) is 1. The number of nitrogens with one attached hydrogen (secondary N) is 1. The lowest BCUT2D eigenvalue weighted by Gasteiger charge is -2.37. The lowest BCUT2D eigenvalue weighted by atomic mass is 9.88. The van der Waals surface area contributed by atoms with Crippen LogP contribution in [0.15, 0.2) is 83.4 Å². The fraction of sp³-hybridized carbons (Fsp3) is 0.229. The van der Waals surface area contributed by atoms with Gasteiger partial charge in [0.2, 0.25) is 5.82 Å². The second-order valence-corrected chi connectivity index (χ2v) is 14.3. The number of amides is 1. The van der Waals surface area contributed by atoms with Crippen molar-refractivity contribution in [3.63, 3.8) is 0 Å². The molecule has 0 spiro atoms. The Morgan fingerprint density at radius 2 is 1.71 bits per heavy atom. The molecule has 2 heterocycles. The summed E-state index contributed by atoms with van der Waals surface area (Å²) in [7, 11) is -3.43. The zero-order valence-electron chi connectivity index (χ0n) is 26.0. The van der Waals surface area contributed by atoms with E-state index in [1.165, 1.54) is 30.3 Å². The average molecular weight is 683 g/mol. The highest BCUT2D eigenvalue weighted by atomic mass is 32.2. The smallest absolute Gasteiger partial charge is 0.262 e. The highest BCUT2D eigenvalue weighted by Crippen LogP contribution is 2.52. The van der Waals surface area contributed by atoms with Gasteiger partial charge in [0, 0.05) is 17.3 Å². The Bertz CT molecular complexity index is 2090. The number of phenols is 1. The zero-order chi connectivity index (χ0) is 34.5. The number of allylic oxidation sites excluding steroid dienone is 1. The standard InChI is InChI=1S/C35H30F4N2O6S/c1-35(2)16-25-33(48(44,45)18-35)31(21-13-12-20(14-23(21)36)47-17-19-8-5-4-6-9-19)41(26-10-7-11-27(42)30(26)40-25)34(43)22-15-24(37)29(39)32(46-3)28(22)38/h4-15,31,40,42H,16-18H2,1-3H3. The van der Waals surface area contributed by atoms with E-state index in [0.717, 1.165) is 23.6 Å². The maximum absolute atomic E-state index is 16.4. The monoisotopic (exact) mass is 682 g/mol. The largest absolute Gasteiger partial charge is 0.506 e. The number of para-hydroxylation sites is 1. The highest BCUT2D eigenvalue weighted by Gasteiger charge is 2.48. The fourth-order valence-corrected chi connectivity index (χ4v) is 8.57. The first-order valence-corrected chi connectivity index (χ1v) is 16.4. The van der Waals surface area contributed by atoms with E-state index in [0.29, 0.717) is 6.07 Å². The number of aromatic hydroxyl groups is 1. The third kappa shape index (κ3) is 5.83. The summed E-state index contributed by atoms with van der Waals surface area (Å²) >= 11 is 0. The number of benzene rings is 4. The van der Waals surface area contributed by atoms with Crippen LogP contribution in [0.1, 0.15) is 47.8 Å². The molecule has 250 valence electrons. The number of ether oxygens (including phenoxy) is 2. The van der Waals surface area contributed by atoms with Crippen molar-refractivity contribution < 1.29 is 45.4 Å². The Balaban J connectivity index is 1.60. The van der Waals surface area contributed by atoms with Crippen molar-refractivity contribution in [1.29, 1.82) is 0 Å². The minimum Gasteiger partial charge on any atom is -0.506 e. The lowest BCUT2D eigenvalue weighted by molar-refractivity contribution is 0.0974. The van der Waals surface area contributed by atoms with Gasteiger partial charge in [-0.3, -0.25) is 9.69 Å². The third-order valence-corrected chi connectivity index (χ3v) is 10.5. The van der Waals surface area contributed by atoms with E-state index in [2.05, 4.69) is 5.32 Å². The number of rotatable bonds is 6. The quantitative estimate of drug-likeness (QED) is 0.124. The van der Waals surface area contributed by atoms with Gasteiger partial charge in [0.05, 0.1) is 29.0 Å². The maximum Gasteiger partial charge on any atom is 0.262 e. The second kappa shape index (κ2) is 12.2.